The van der Waals surface area contributed by atoms with Crippen molar-refractivity contribution in [3.8, 4) is 0 Å². The quantitative estimate of drug-likeness (QED) is 0.848. The SMILES string of the molecule is CCOC1CC(N)(C(=O)N2CCN(C(=O)c3ccco3)CC2)C1(C)C.Cl. The molecule has 1 aromatic rings. The zero-order valence-electron chi connectivity index (χ0n) is 15.6. The minimum absolute atomic E-state index is 0. The number of amides is 2. The maximum Gasteiger partial charge on any atom is 0.289 e. The number of rotatable bonds is 4. The van der Waals surface area contributed by atoms with Crippen LogP contribution in [0.25, 0.3) is 0 Å². The molecule has 0 bridgehead atoms. The largest absolute Gasteiger partial charge is 0.459 e. The Morgan fingerprint density at radius 2 is 1.88 bits per heavy atom. The van der Waals surface area contributed by atoms with Gasteiger partial charge in [0.1, 0.15) is 5.54 Å². The predicted octanol–water partition coefficient (Wildman–Crippen LogP) is 1.52. The summed E-state index contributed by atoms with van der Waals surface area (Å²) in [4.78, 5) is 28.8. The van der Waals surface area contributed by atoms with Gasteiger partial charge >= 0.3 is 0 Å². The van der Waals surface area contributed by atoms with Crippen LogP contribution < -0.4 is 5.73 Å². The van der Waals surface area contributed by atoms with Crippen LogP contribution in [0.4, 0.5) is 0 Å². The van der Waals surface area contributed by atoms with Crippen molar-refractivity contribution in [1.29, 1.82) is 0 Å². The third-order valence-electron chi connectivity index (χ3n) is 5.80. The second-order valence-corrected chi connectivity index (χ2v) is 7.40. The van der Waals surface area contributed by atoms with Crippen LogP contribution >= 0.6 is 12.4 Å². The molecular weight excluding hydrogens is 358 g/mol. The summed E-state index contributed by atoms with van der Waals surface area (Å²) in [7, 11) is 0. The fourth-order valence-corrected chi connectivity index (χ4v) is 3.75. The van der Waals surface area contributed by atoms with Gasteiger partial charge in [-0.25, -0.2) is 0 Å². The maximum absolute atomic E-state index is 13.0. The molecule has 2 fully saturated rings. The zero-order chi connectivity index (χ0) is 18.2. The molecule has 2 heterocycles. The molecule has 3 rings (SSSR count). The summed E-state index contributed by atoms with van der Waals surface area (Å²) in [5, 5.41) is 0. The number of ether oxygens (including phenoxy) is 1. The Balaban J connectivity index is 0.00000243. The molecule has 1 aliphatic carbocycles. The van der Waals surface area contributed by atoms with Gasteiger partial charge in [-0.05, 0) is 19.1 Å². The third-order valence-corrected chi connectivity index (χ3v) is 5.80. The number of carbonyl (C=O) groups excluding carboxylic acids is 2. The lowest BCUT2D eigenvalue weighted by Crippen LogP contribution is -2.76. The van der Waals surface area contributed by atoms with Gasteiger partial charge in [-0.2, -0.15) is 0 Å². The van der Waals surface area contributed by atoms with Gasteiger partial charge in [0.25, 0.3) is 5.91 Å². The number of nitrogens with zero attached hydrogens (tertiary/aromatic N) is 2. The lowest BCUT2D eigenvalue weighted by atomic mass is 9.54. The molecular formula is C18H28ClN3O4. The third kappa shape index (κ3) is 3.23. The van der Waals surface area contributed by atoms with Gasteiger partial charge in [-0.15, -0.1) is 12.4 Å². The second-order valence-electron chi connectivity index (χ2n) is 7.40. The number of halogens is 1. The molecule has 146 valence electrons. The van der Waals surface area contributed by atoms with Crippen LogP contribution in [-0.2, 0) is 9.53 Å². The van der Waals surface area contributed by atoms with Gasteiger partial charge in [0.05, 0.1) is 12.4 Å². The Bertz CT molecular complexity index is 641. The Labute approximate surface area is 160 Å². The van der Waals surface area contributed by atoms with E-state index in [0.717, 1.165) is 0 Å². The molecule has 1 saturated carbocycles. The molecule has 2 amide bonds. The number of piperazine rings is 1. The first-order valence-electron chi connectivity index (χ1n) is 8.84. The number of hydrogen-bond acceptors (Lipinski definition) is 5. The number of furan rings is 1. The van der Waals surface area contributed by atoms with Crippen molar-refractivity contribution >= 4 is 24.2 Å². The summed E-state index contributed by atoms with van der Waals surface area (Å²) < 4.78 is 10.9. The van der Waals surface area contributed by atoms with Crippen molar-refractivity contribution < 1.29 is 18.7 Å². The molecule has 1 saturated heterocycles. The first kappa shape index (κ1) is 20.7. The van der Waals surface area contributed by atoms with Crippen LogP contribution in [0.1, 0.15) is 37.7 Å². The first-order valence-corrected chi connectivity index (χ1v) is 8.84. The molecule has 0 radical (unpaired) electrons. The summed E-state index contributed by atoms with van der Waals surface area (Å²) in [5.41, 5.74) is 5.18. The topological polar surface area (TPSA) is 89.0 Å². The molecule has 1 aromatic heterocycles. The zero-order valence-corrected chi connectivity index (χ0v) is 16.4. The average Bonchev–Trinajstić information content (AvgIpc) is 3.15. The molecule has 1 aliphatic heterocycles. The molecule has 0 aromatic carbocycles. The van der Waals surface area contributed by atoms with Crippen molar-refractivity contribution in [2.24, 2.45) is 11.1 Å². The van der Waals surface area contributed by atoms with Gasteiger partial charge < -0.3 is 24.7 Å². The Morgan fingerprint density at radius 1 is 1.27 bits per heavy atom. The highest BCUT2D eigenvalue weighted by Crippen LogP contribution is 2.50. The van der Waals surface area contributed by atoms with E-state index >= 15 is 0 Å². The Morgan fingerprint density at radius 3 is 2.38 bits per heavy atom. The lowest BCUT2D eigenvalue weighted by Gasteiger charge is -2.59. The number of nitrogens with two attached hydrogens (primary N) is 1. The van der Waals surface area contributed by atoms with E-state index in [-0.39, 0.29) is 30.3 Å². The monoisotopic (exact) mass is 385 g/mol. The van der Waals surface area contributed by atoms with Crippen LogP contribution in [0.5, 0.6) is 0 Å². The van der Waals surface area contributed by atoms with E-state index in [1.807, 2.05) is 20.8 Å². The van der Waals surface area contributed by atoms with E-state index in [1.165, 1.54) is 6.26 Å². The number of hydrogen-bond donors (Lipinski definition) is 1. The van der Waals surface area contributed by atoms with Crippen molar-refractivity contribution in [3.63, 3.8) is 0 Å². The summed E-state index contributed by atoms with van der Waals surface area (Å²) in [6, 6.07) is 3.35. The molecule has 2 unspecified atom stereocenters. The normalized spacial score (nSPS) is 27.5. The smallest absolute Gasteiger partial charge is 0.289 e. The lowest BCUT2D eigenvalue weighted by molar-refractivity contribution is -0.180. The van der Waals surface area contributed by atoms with Crippen LogP contribution in [0.15, 0.2) is 22.8 Å². The highest BCUT2D eigenvalue weighted by Gasteiger charge is 2.63. The van der Waals surface area contributed by atoms with Gasteiger partial charge in [0, 0.05) is 44.6 Å². The first-order chi connectivity index (χ1) is 11.8. The highest BCUT2D eigenvalue weighted by molar-refractivity contribution is 5.92. The van der Waals surface area contributed by atoms with Crippen molar-refractivity contribution in [3.05, 3.63) is 24.2 Å². The molecule has 2 aliphatic rings. The minimum Gasteiger partial charge on any atom is -0.459 e. The highest BCUT2D eigenvalue weighted by atomic mass is 35.5. The number of carbonyl (C=O) groups is 2. The Hall–Kier alpha value is -1.57. The molecule has 26 heavy (non-hydrogen) atoms. The fraction of sp³-hybridized carbons (Fsp3) is 0.667. The van der Waals surface area contributed by atoms with Crippen LogP contribution in [0.2, 0.25) is 0 Å². The fourth-order valence-electron chi connectivity index (χ4n) is 3.75. The van der Waals surface area contributed by atoms with Crippen molar-refractivity contribution in [1.82, 2.24) is 9.80 Å². The summed E-state index contributed by atoms with van der Waals surface area (Å²) >= 11 is 0. The molecule has 0 spiro atoms. The predicted molar refractivity (Wildman–Crippen MR) is 99.2 cm³/mol. The van der Waals surface area contributed by atoms with E-state index in [1.54, 1.807) is 21.9 Å². The van der Waals surface area contributed by atoms with E-state index in [9.17, 15) is 9.59 Å². The molecule has 7 nitrogen and oxygen atoms in total. The maximum atomic E-state index is 13.0. The summed E-state index contributed by atoms with van der Waals surface area (Å²) in [6.07, 6.45) is 2.03. The van der Waals surface area contributed by atoms with E-state index in [4.69, 9.17) is 14.9 Å². The van der Waals surface area contributed by atoms with Gasteiger partial charge in [-0.1, -0.05) is 13.8 Å². The summed E-state index contributed by atoms with van der Waals surface area (Å²) in [5.74, 6) is 0.147. The van der Waals surface area contributed by atoms with Crippen molar-refractivity contribution in [2.45, 2.75) is 38.8 Å². The van der Waals surface area contributed by atoms with Crippen LogP contribution in [0.3, 0.4) is 0 Å². The molecule has 2 atom stereocenters. The Kier molecular flexibility index (Phi) is 6.05. The van der Waals surface area contributed by atoms with E-state index in [0.29, 0.717) is 45.0 Å². The van der Waals surface area contributed by atoms with Gasteiger partial charge in [-0.3, -0.25) is 9.59 Å². The standard InChI is InChI=1S/C18H27N3O4.ClH/c1-4-24-14-12-18(19,17(14,2)3)16(23)21-9-7-20(8-10-21)15(22)13-6-5-11-25-13;/h5-6,11,14H,4,7-10,12,19H2,1-3H3;1H. The summed E-state index contributed by atoms with van der Waals surface area (Å²) in [6.45, 7) is 8.49. The second kappa shape index (κ2) is 7.58. The minimum atomic E-state index is -0.903. The van der Waals surface area contributed by atoms with E-state index in [2.05, 4.69) is 0 Å². The van der Waals surface area contributed by atoms with E-state index < -0.39 is 11.0 Å². The van der Waals surface area contributed by atoms with Gasteiger partial charge in [0.15, 0.2) is 5.76 Å². The van der Waals surface area contributed by atoms with Crippen molar-refractivity contribution in [2.75, 3.05) is 32.8 Å². The van der Waals surface area contributed by atoms with Gasteiger partial charge in [0.2, 0.25) is 5.91 Å². The van der Waals surface area contributed by atoms with Crippen LogP contribution in [0, 0.1) is 5.41 Å². The van der Waals surface area contributed by atoms with Crippen LogP contribution in [-0.4, -0.2) is 66.0 Å². The molecule has 8 heteroatoms. The molecule has 2 N–H and O–H groups in total. The average molecular weight is 386 g/mol.